The molecule has 0 spiro atoms. The van der Waals surface area contributed by atoms with Gasteiger partial charge >= 0.3 is 0 Å². The van der Waals surface area contributed by atoms with Crippen LogP contribution in [0.25, 0.3) is 0 Å². The molecule has 0 atom stereocenters. The van der Waals surface area contributed by atoms with Gasteiger partial charge in [0.05, 0.1) is 13.2 Å². The summed E-state index contributed by atoms with van der Waals surface area (Å²) in [5, 5.41) is 6.86. The summed E-state index contributed by atoms with van der Waals surface area (Å²) in [7, 11) is 3.81. The number of aromatic nitrogens is 1. The van der Waals surface area contributed by atoms with Crippen LogP contribution < -0.4 is 10.6 Å². The molecule has 1 aliphatic rings. The van der Waals surface area contributed by atoms with Crippen LogP contribution in [0.15, 0.2) is 23.5 Å². The zero-order valence-electron chi connectivity index (χ0n) is 15.8. The summed E-state index contributed by atoms with van der Waals surface area (Å²) in [5.41, 5.74) is 1.24. The highest BCUT2D eigenvalue weighted by molar-refractivity contribution is 14.0. The number of methoxy groups -OCH3 is 1. The molecule has 1 fully saturated rings. The summed E-state index contributed by atoms with van der Waals surface area (Å²) in [5.74, 6) is 1.65. The number of guanidine groups is 1. The van der Waals surface area contributed by atoms with Crippen LogP contribution in [0.2, 0.25) is 0 Å². The smallest absolute Gasteiger partial charge is 0.191 e. The molecule has 2 heterocycles. The molecule has 0 bridgehead atoms. The first-order valence-electron chi connectivity index (χ1n) is 9.05. The Morgan fingerprint density at radius 1 is 1.32 bits per heavy atom. The average molecular weight is 463 g/mol. The fraction of sp³-hybridized carbons (Fsp3) is 0.722. The van der Waals surface area contributed by atoms with Crippen LogP contribution in [-0.4, -0.2) is 61.9 Å². The standard InChI is InChI=1S/C18H33N5O.HI/c1-4-19-18(21-14-17-5-8-22(2)15-17)20-13-16-6-9-23(10-7-16)11-12-24-3;/h5,8,15-16H,4,6-7,9-14H2,1-3H3,(H2,19,20,21);1H. The van der Waals surface area contributed by atoms with Crippen LogP contribution in [0, 0.1) is 5.92 Å². The van der Waals surface area contributed by atoms with Crippen molar-refractivity contribution in [3.8, 4) is 0 Å². The normalized spacial score (nSPS) is 16.5. The van der Waals surface area contributed by atoms with E-state index in [1.165, 1.54) is 31.5 Å². The second kappa shape index (κ2) is 12.5. The molecule has 7 heteroatoms. The second-order valence-electron chi connectivity index (χ2n) is 6.54. The minimum absolute atomic E-state index is 0. The molecular formula is C18H34IN5O. The molecule has 0 unspecified atom stereocenters. The van der Waals surface area contributed by atoms with Crippen LogP contribution in [0.1, 0.15) is 25.3 Å². The van der Waals surface area contributed by atoms with E-state index in [0.717, 1.165) is 38.1 Å². The van der Waals surface area contributed by atoms with E-state index in [-0.39, 0.29) is 24.0 Å². The molecule has 1 saturated heterocycles. The summed E-state index contributed by atoms with van der Waals surface area (Å²) >= 11 is 0. The lowest BCUT2D eigenvalue weighted by atomic mass is 9.97. The number of rotatable bonds is 8. The molecule has 0 amide bonds. The third-order valence-corrected chi connectivity index (χ3v) is 4.53. The van der Waals surface area contributed by atoms with E-state index in [1.54, 1.807) is 7.11 Å². The van der Waals surface area contributed by atoms with Crippen molar-refractivity contribution in [3.63, 3.8) is 0 Å². The predicted octanol–water partition coefficient (Wildman–Crippen LogP) is 2.06. The minimum Gasteiger partial charge on any atom is -0.383 e. The molecule has 1 aliphatic heterocycles. The minimum atomic E-state index is 0. The van der Waals surface area contributed by atoms with Crippen LogP contribution in [0.3, 0.4) is 0 Å². The fourth-order valence-electron chi connectivity index (χ4n) is 3.04. The SMILES string of the molecule is CCNC(=NCc1ccn(C)c1)NCC1CCN(CCOC)CC1.I. The molecule has 2 rings (SSSR count). The Morgan fingerprint density at radius 2 is 2.08 bits per heavy atom. The highest BCUT2D eigenvalue weighted by atomic mass is 127. The molecule has 2 N–H and O–H groups in total. The summed E-state index contributed by atoms with van der Waals surface area (Å²) in [6.07, 6.45) is 6.66. The quantitative estimate of drug-likeness (QED) is 0.352. The van der Waals surface area contributed by atoms with Gasteiger partial charge in [-0.05, 0) is 50.4 Å². The Bertz CT molecular complexity index is 497. The third kappa shape index (κ3) is 8.42. The van der Waals surface area contributed by atoms with Gasteiger partial charge in [-0.1, -0.05) is 0 Å². The van der Waals surface area contributed by atoms with Crippen molar-refractivity contribution in [2.24, 2.45) is 18.0 Å². The Labute approximate surface area is 169 Å². The van der Waals surface area contributed by atoms with Gasteiger partial charge in [0.2, 0.25) is 0 Å². The second-order valence-corrected chi connectivity index (χ2v) is 6.54. The van der Waals surface area contributed by atoms with Crippen LogP contribution in [0.4, 0.5) is 0 Å². The average Bonchev–Trinajstić information content (AvgIpc) is 3.02. The molecule has 0 aromatic carbocycles. The first kappa shape index (κ1) is 22.2. The number of nitrogens with one attached hydrogen (secondary N) is 2. The van der Waals surface area contributed by atoms with E-state index >= 15 is 0 Å². The van der Waals surface area contributed by atoms with Crippen molar-refractivity contribution < 1.29 is 4.74 Å². The van der Waals surface area contributed by atoms with Crippen molar-refractivity contribution in [1.29, 1.82) is 0 Å². The monoisotopic (exact) mass is 463 g/mol. The van der Waals surface area contributed by atoms with E-state index in [2.05, 4.69) is 45.5 Å². The molecule has 0 aliphatic carbocycles. The molecular weight excluding hydrogens is 429 g/mol. The van der Waals surface area contributed by atoms with Gasteiger partial charge in [0.15, 0.2) is 5.96 Å². The highest BCUT2D eigenvalue weighted by Gasteiger charge is 2.18. The number of likely N-dealkylation sites (tertiary alicyclic amines) is 1. The lowest BCUT2D eigenvalue weighted by Crippen LogP contribution is -2.43. The summed E-state index contributed by atoms with van der Waals surface area (Å²) in [6.45, 7) is 8.94. The van der Waals surface area contributed by atoms with Gasteiger partial charge in [-0.3, -0.25) is 0 Å². The molecule has 0 radical (unpaired) electrons. The van der Waals surface area contributed by atoms with E-state index < -0.39 is 0 Å². The third-order valence-electron chi connectivity index (χ3n) is 4.53. The largest absolute Gasteiger partial charge is 0.383 e. The zero-order valence-corrected chi connectivity index (χ0v) is 18.2. The van der Waals surface area contributed by atoms with E-state index in [1.807, 2.05) is 7.05 Å². The number of piperidine rings is 1. The number of halogens is 1. The number of ether oxygens (including phenoxy) is 1. The number of nitrogens with zero attached hydrogens (tertiary/aromatic N) is 3. The van der Waals surface area contributed by atoms with Gasteiger partial charge in [-0.2, -0.15) is 0 Å². The topological polar surface area (TPSA) is 53.8 Å². The van der Waals surface area contributed by atoms with Crippen molar-refractivity contribution in [1.82, 2.24) is 20.1 Å². The molecule has 1 aromatic heterocycles. The van der Waals surface area contributed by atoms with Crippen molar-refractivity contribution in [3.05, 3.63) is 24.0 Å². The first-order valence-corrected chi connectivity index (χ1v) is 9.05. The fourth-order valence-corrected chi connectivity index (χ4v) is 3.04. The first-order chi connectivity index (χ1) is 11.7. The van der Waals surface area contributed by atoms with Gasteiger partial charge in [-0.15, -0.1) is 24.0 Å². The molecule has 25 heavy (non-hydrogen) atoms. The Morgan fingerprint density at radius 3 is 2.68 bits per heavy atom. The van der Waals surface area contributed by atoms with Gasteiger partial charge in [0.25, 0.3) is 0 Å². The van der Waals surface area contributed by atoms with E-state index in [0.29, 0.717) is 6.54 Å². The Hall–Kier alpha value is -0.800. The Balaban J connectivity index is 0.00000312. The molecule has 6 nitrogen and oxygen atoms in total. The van der Waals surface area contributed by atoms with E-state index in [4.69, 9.17) is 9.73 Å². The predicted molar refractivity (Wildman–Crippen MR) is 115 cm³/mol. The maximum Gasteiger partial charge on any atom is 0.191 e. The summed E-state index contributed by atoms with van der Waals surface area (Å²) < 4.78 is 7.22. The number of aryl methyl sites for hydroxylation is 1. The van der Waals surface area contributed by atoms with Gasteiger partial charge in [0, 0.05) is 46.2 Å². The zero-order chi connectivity index (χ0) is 17.2. The molecule has 1 aromatic rings. The van der Waals surface area contributed by atoms with Crippen molar-refractivity contribution in [2.75, 3.05) is 46.4 Å². The Kier molecular flexibility index (Phi) is 11.2. The van der Waals surface area contributed by atoms with Crippen LogP contribution in [0.5, 0.6) is 0 Å². The number of hydrogen-bond acceptors (Lipinski definition) is 3. The lowest BCUT2D eigenvalue weighted by Gasteiger charge is -2.32. The number of aliphatic imine (C=N–C) groups is 1. The van der Waals surface area contributed by atoms with Crippen molar-refractivity contribution in [2.45, 2.75) is 26.3 Å². The summed E-state index contributed by atoms with van der Waals surface area (Å²) in [6, 6.07) is 2.11. The van der Waals surface area contributed by atoms with Crippen LogP contribution >= 0.6 is 24.0 Å². The van der Waals surface area contributed by atoms with E-state index in [9.17, 15) is 0 Å². The molecule has 144 valence electrons. The van der Waals surface area contributed by atoms with Crippen molar-refractivity contribution >= 4 is 29.9 Å². The van der Waals surface area contributed by atoms with Gasteiger partial charge in [0.1, 0.15) is 0 Å². The lowest BCUT2D eigenvalue weighted by molar-refractivity contribution is 0.121. The maximum absolute atomic E-state index is 5.16. The number of hydrogen-bond donors (Lipinski definition) is 2. The maximum atomic E-state index is 5.16. The highest BCUT2D eigenvalue weighted by Crippen LogP contribution is 2.15. The van der Waals surface area contributed by atoms with Crippen LogP contribution in [-0.2, 0) is 18.3 Å². The van der Waals surface area contributed by atoms with Gasteiger partial charge < -0.3 is 24.8 Å². The summed E-state index contributed by atoms with van der Waals surface area (Å²) in [4.78, 5) is 7.19. The van der Waals surface area contributed by atoms with Gasteiger partial charge in [-0.25, -0.2) is 4.99 Å². The molecule has 0 saturated carbocycles.